The first-order valence-electron chi connectivity index (χ1n) is 6.60. The van der Waals surface area contributed by atoms with E-state index in [-0.39, 0.29) is 18.1 Å². The van der Waals surface area contributed by atoms with E-state index in [1.54, 1.807) is 25.3 Å². The van der Waals surface area contributed by atoms with Crippen LogP contribution >= 0.6 is 0 Å². The van der Waals surface area contributed by atoms with Crippen LogP contribution in [0, 0.1) is 0 Å². The monoisotopic (exact) mass is 280 g/mol. The maximum Gasteiger partial charge on any atom is 0.274 e. The van der Waals surface area contributed by atoms with Gasteiger partial charge in [0.15, 0.2) is 0 Å². The molecule has 0 saturated carbocycles. The van der Waals surface area contributed by atoms with E-state index < -0.39 is 0 Å². The fourth-order valence-corrected chi connectivity index (χ4v) is 2.26. The van der Waals surface area contributed by atoms with Gasteiger partial charge in [-0.15, -0.1) is 0 Å². The Balaban J connectivity index is 2.10. The molecular formula is C13H20N4O3. The Morgan fingerprint density at radius 2 is 2.00 bits per heavy atom. The van der Waals surface area contributed by atoms with Crippen molar-refractivity contribution in [1.82, 2.24) is 14.9 Å². The van der Waals surface area contributed by atoms with Gasteiger partial charge in [0.2, 0.25) is 0 Å². The van der Waals surface area contributed by atoms with Crippen molar-refractivity contribution >= 4 is 11.7 Å². The fourth-order valence-electron chi connectivity index (χ4n) is 2.26. The molecule has 1 aliphatic heterocycles. The zero-order valence-corrected chi connectivity index (χ0v) is 12.0. The zero-order valence-electron chi connectivity index (χ0n) is 12.0. The summed E-state index contributed by atoms with van der Waals surface area (Å²) in [5.41, 5.74) is 0.329. The number of nitrogens with zero attached hydrogens (tertiary/aromatic N) is 3. The summed E-state index contributed by atoms with van der Waals surface area (Å²) >= 11 is 0. The van der Waals surface area contributed by atoms with Gasteiger partial charge in [-0.05, 0) is 6.92 Å². The largest absolute Gasteiger partial charge is 0.377 e. The van der Waals surface area contributed by atoms with E-state index in [1.807, 2.05) is 6.92 Å². The molecule has 20 heavy (non-hydrogen) atoms. The van der Waals surface area contributed by atoms with Crippen molar-refractivity contribution in [1.29, 1.82) is 0 Å². The topological polar surface area (TPSA) is 76.6 Å². The molecule has 1 fully saturated rings. The third kappa shape index (κ3) is 3.05. The normalized spacial score (nSPS) is 22.1. The number of methoxy groups -OCH3 is 2. The molecule has 2 atom stereocenters. The summed E-state index contributed by atoms with van der Waals surface area (Å²) in [6, 6.07) is 0. The number of amides is 1. The predicted octanol–water partition coefficient (Wildman–Crippen LogP) is 0.394. The maximum atomic E-state index is 12.4. The van der Waals surface area contributed by atoms with Crippen LogP contribution in [0.3, 0.4) is 0 Å². The summed E-state index contributed by atoms with van der Waals surface area (Å²) in [6.45, 7) is 3.69. The smallest absolute Gasteiger partial charge is 0.274 e. The van der Waals surface area contributed by atoms with Gasteiger partial charge in [0.1, 0.15) is 23.7 Å². The highest BCUT2D eigenvalue weighted by atomic mass is 16.5. The second-order valence-electron chi connectivity index (χ2n) is 4.58. The average molecular weight is 280 g/mol. The molecule has 7 heteroatoms. The van der Waals surface area contributed by atoms with Crippen LogP contribution in [-0.4, -0.2) is 66.8 Å². The molecule has 0 aliphatic carbocycles. The van der Waals surface area contributed by atoms with Crippen LogP contribution < -0.4 is 5.32 Å². The fraction of sp³-hybridized carbons (Fsp3) is 0.615. The van der Waals surface area contributed by atoms with E-state index in [2.05, 4.69) is 15.3 Å². The van der Waals surface area contributed by atoms with E-state index in [0.717, 1.165) is 6.54 Å². The number of nitrogens with one attached hydrogen (secondary N) is 1. The molecule has 1 aliphatic rings. The molecule has 1 N–H and O–H groups in total. The lowest BCUT2D eigenvalue weighted by molar-refractivity contribution is -0.00461. The van der Waals surface area contributed by atoms with Crippen LogP contribution in [-0.2, 0) is 9.47 Å². The molecule has 0 aromatic carbocycles. The number of rotatable bonds is 5. The average Bonchev–Trinajstić information content (AvgIpc) is 2.90. The third-order valence-electron chi connectivity index (χ3n) is 3.32. The van der Waals surface area contributed by atoms with Gasteiger partial charge in [-0.25, -0.2) is 4.98 Å². The number of hydrogen-bond acceptors (Lipinski definition) is 6. The first kappa shape index (κ1) is 14.7. The van der Waals surface area contributed by atoms with Crippen molar-refractivity contribution in [2.45, 2.75) is 19.1 Å². The molecule has 1 aromatic rings. The van der Waals surface area contributed by atoms with E-state index in [9.17, 15) is 4.79 Å². The lowest BCUT2D eigenvalue weighted by Crippen LogP contribution is -2.31. The van der Waals surface area contributed by atoms with Crippen LogP contribution in [0.25, 0.3) is 0 Å². The SMILES string of the molecule is CCNc1cncc(C(=O)N2CC(OC)C(OC)C2)n1. The van der Waals surface area contributed by atoms with Gasteiger partial charge >= 0.3 is 0 Å². The molecule has 1 aromatic heterocycles. The number of likely N-dealkylation sites (tertiary alicyclic amines) is 1. The van der Waals surface area contributed by atoms with Crippen molar-refractivity contribution < 1.29 is 14.3 Å². The van der Waals surface area contributed by atoms with E-state index in [1.165, 1.54) is 6.20 Å². The van der Waals surface area contributed by atoms with Gasteiger partial charge in [0.05, 0.1) is 12.4 Å². The second-order valence-corrected chi connectivity index (χ2v) is 4.58. The Kier molecular flexibility index (Phi) is 4.86. The third-order valence-corrected chi connectivity index (χ3v) is 3.32. The van der Waals surface area contributed by atoms with Crippen LogP contribution in [0.1, 0.15) is 17.4 Å². The lowest BCUT2D eigenvalue weighted by atomic mass is 10.3. The Labute approximate surface area is 118 Å². The highest BCUT2D eigenvalue weighted by molar-refractivity contribution is 5.92. The number of anilines is 1. The van der Waals surface area contributed by atoms with Gasteiger partial charge in [0, 0.05) is 33.9 Å². The number of carbonyl (C=O) groups excluding carboxylic acids is 1. The van der Waals surface area contributed by atoms with E-state index in [0.29, 0.717) is 24.6 Å². The summed E-state index contributed by atoms with van der Waals surface area (Å²) in [6.07, 6.45) is 2.87. The first-order valence-corrected chi connectivity index (χ1v) is 6.60. The molecule has 1 amide bonds. The molecular weight excluding hydrogens is 260 g/mol. The summed E-state index contributed by atoms with van der Waals surface area (Å²) in [5, 5.41) is 3.04. The molecule has 0 bridgehead atoms. The first-order chi connectivity index (χ1) is 9.69. The molecule has 2 rings (SSSR count). The maximum absolute atomic E-state index is 12.4. The van der Waals surface area contributed by atoms with E-state index in [4.69, 9.17) is 9.47 Å². The molecule has 7 nitrogen and oxygen atoms in total. The van der Waals surface area contributed by atoms with Crippen LogP contribution in [0.4, 0.5) is 5.82 Å². The minimum atomic E-state index is -0.154. The molecule has 0 spiro atoms. The van der Waals surface area contributed by atoms with Gasteiger partial charge < -0.3 is 19.7 Å². The molecule has 2 unspecified atom stereocenters. The number of carbonyl (C=O) groups is 1. The second kappa shape index (κ2) is 6.62. The lowest BCUT2D eigenvalue weighted by Gasteiger charge is -2.15. The number of aromatic nitrogens is 2. The summed E-state index contributed by atoms with van der Waals surface area (Å²) < 4.78 is 10.7. The van der Waals surface area contributed by atoms with Crippen LogP contribution in [0.2, 0.25) is 0 Å². The van der Waals surface area contributed by atoms with Gasteiger partial charge in [-0.1, -0.05) is 0 Å². The highest BCUT2D eigenvalue weighted by Crippen LogP contribution is 2.18. The van der Waals surface area contributed by atoms with Gasteiger partial charge in [-0.2, -0.15) is 0 Å². The number of hydrogen-bond donors (Lipinski definition) is 1. The Morgan fingerprint density at radius 1 is 1.35 bits per heavy atom. The highest BCUT2D eigenvalue weighted by Gasteiger charge is 2.36. The summed E-state index contributed by atoms with van der Waals surface area (Å²) in [4.78, 5) is 22.4. The zero-order chi connectivity index (χ0) is 14.5. The summed E-state index contributed by atoms with van der Waals surface area (Å²) in [7, 11) is 3.24. The van der Waals surface area contributed by atoms with Crippen molar-refractivity contribution in [3.8, 4) is 0 Å². The van der Waals surface area contributed by atoms with Crippen molar-refractivity contribution in [2.75, 3.05) is 39.2 Å². The van der Waals surface area contributed by atoms with Crippen LogP contribution in [0.15, 0.2) is 12.4 Å². The quantitative estimate of drug-likeness (QED) is 0.841. The molecule has 0 radical (unpaired) electrons. The standard InChI is InChI=1S/C13H20N4O3/c1-4-15-12-6-14-5-9(16-12)13(18)17-7-10(19-2)11(8-17)20-3/h5-6,10-11H,4,7-8H2,1-3H3,(H,15,16). The molecule has 1 saturated heterocycles. The molecule has 2 heterocycles. The Bertz CT molecular complexity index is 457. The minimum absolute atomic E-state index is 0.103. The predicted molar refractivity (Wildman–Crippen MR) is 73.7 cm³/mol. The minimum Gasteiger partial charge on any atom is -0.377 e. The summed E-state index contributed by atoms with van der Waals surface area (Å²) in [5.74, 6) is 0.447. The van der Waals surface area contributed by atoms with Crippen molar-refractivity contribution in [3.05, 3.63) is 18.1 Å². The molecule has 110 valence electrons. The van der Waals surface area contributed by atoms with Gasteiger partial charge in [-0.3, -0.25) is 9.78 Å². The Hall–Kier alpha value is -1.73. The van der Waals surface area contributed by atoms with E-state index >= 15 is 0 Å². The van der Waals surface area contributed by atoms with Crippen molar-refractivity contribution in [2.24, 2.45) is 0 Å². The number of ether oxygens (including phenoxy) is 2. The van der Waals surface area contributed by atoms with Gasteiger partial charge in [0.25, 0.3) is 5.91 Å². The Morgan fingerprint density at radius 3 is 2.55 bits per heavy atom. The van der Waals surface area contributed by atoms with Crippen LogP contribution in [0.5, 0.6) is 0 Å². The van der Waals surface area contributed by atoms with Crippen molar-refractivity contribution in [3.63, 3.8) is 0 Å².